The Labute approximate surface area is 157 Å². The van der Waals surface area contributed by atoms with E-state index in [9.17, 15) is 0 Å². The molecular formula is C21H20N4O2. The minimum Gasteiger partial charge on any atom is -0.494 e. The molecule has 0 N–H and O–H groups in total. The van der Waals surface area contributed by atoms with Crippen LogP contribution in [0.25, 0.3) is 16.7 Å². The van der Waals surface area contributed by atoms with Gasteiger partial charge in [-0.05, 0) is 56.7 Å². The average Bonchev–Trinajstić information content (AvgIpc) is 3.09. The second kappa shape index (κ2) is 7.07. The van der Waals surface area contributed by atoms with Crippen LogP contribution in [0.4, 0.5) is 0 Å². The number of rotatable bonds is 5. The fraction of sp³-hybridized carbons (Fsp3) is 0.190. The zero-order valence-electron chi connectivity index (χ0n) is 15.5. The Bertz CT molecular complexity index is 1090. The Morgan fingerprint density at radius 2 is 1.74 bits per heavy atom. The summed E-state index contributed by atoms with van der Waals surface area (Å²) in [5.41, 5.74) is 4.04. The molecule has 0 atom stereocenters. The molecule has 0 fully saturated rings. The van der Waals surface area contributed by atoms with Crippen molar-refractivity contribution in [3.8, 4) is 23.1 Å². The van der Waals surface area contributed by atoms with Gasteiger partial charge in [0.1, 0.15) is 23.2 Å². The highest BCUT2D eigenvalue weighted by Crippen LogP contribution is 2.29. The van der Waals surface area contributed by atoms with E-state index in [4.69, 9.17) is 9.47 Å². The quantitative estimate of drug-likeness (QED) is 0.519. The molecular weight excluding hydrogens is 340 g/mol. The molecule has 0 unspecified atom stereocenters. The molecule has 0 radical (unpaired) electrons. The number of aromatic nitrogens is 4. The van der Waals surface area contributed by atoms with Crippen LogP contribution in [0.2, 0.25) is 0 Å². The van der Waals surface area contributed by atoms with Gasteiger partial charge in [-0.15, -0.1) is 0 Å². The molecule has 2 aromatic carbocycles. The lowest BCUT2D eigenvalue weighted by molar-refractivity contribution is 0.339. The number of benzene rings is 2. The molecule has 0 bridgehead atoms. The summed E-state index contributed by atoms with van der Waals surface area (Å²) in [6, 6.07) is 13.7. The van der Waals surface area contributed by atoms with Crippen LogP contribution in [0.5, 0.6) is 17.4 Å². The summed E-state index contributed by atoms with van der Waals surface area (Å²) >= 11 is 0. The van der Waals surface area contributed by atoms with E-state index in [1.165, 1.54) is 11.9 Å². The van der Waals surface area contributed by atoms with Crippen LogP contribution < -0.4 is 9.47 Å². The second-order valence-electron chi connectivity index (χ2n) is 6.27. The fourth-order valence-corrected chi connectivity index (χ4v) is 3.01. The van der Waals surface area contributed by atoms with Crippen molar-refractivity contribution in [2.45, 2.75) is 20.8 Å². The maximum Gasteiger partial charge on any atom is 0.233 e. The number of nitrogens with zero attached hydrogens (tertiary/aromatic N) is 4. The zero-order valence-corrected chi connectivity index (χ0v) is 15.5. The summed E-state index contributed by atoms with van der Waals surface area (Å²) in [6.07, 6.45) is 3.23. The van der Waals surface area contributed by atoms with Crippen LogP contribution in [-0.2, 0) is 0 Å². The summed E-state index contributed by atoms with van der Waals surface area (Å²) < 4.78 is 13.2. The number of aryl methyl sites for hydroxylation is 2. The number of ether oxygens (including phenoxy) is 2. The maximum atomic E-state index is 5.96. The van der Waals surface area contributed by atoms with Crippen molar-refractivity contribution in [1.82, 2.24) is 19.7 Å². The Morgan fingerprint density at radius 1 is 0.963 bits per heavy atom. The van der Waals surface area contributed by atoms with Crippen molar-refractivity contribution < 1.29 is 9.47 Å². The second-order valence-corrected chi connectivity index (χ2v) is 6.27. The van der Waals surface area contributed by atoms with Crippen LogP contribution in [0.3, 0.4) is 0 Å². The highest BCUT2D eigenvalue weighted by Gasteiger charge is 2.14. The molecule has 2 aromatic heterocycles. The van der Waals surface area contributed by atoms with Gasteiger partial charge < -0.3 is 9.47 Å². The number of hydrogen-bond donors (Lipinski definition) is 0. The summed E-state index contributed by atoms with van der Waals surface area (Å²) in [4.78, 5) is 8.70. The van der Waals surface area contributed by atoms with Crippen molar-refractivity contribution >= 4 is 11.0 Å². The molecule has 4 aromatic rings. The predicted octanol–water partition coefficient (Wildman–Crippen LogP) is 4.62. The normalized spacial score (nSPS) is 10.9. The summed E-state index contributed by atoms with van der Waals surface area (Å²) in [6.45, 7) is 6.72. The molecule has 0 aliphatic carbocycles. The van der Waals surface area contributed by atoms with Crippen molar-refractivity contribution in [3.63, 3.8) is 0 Å². The van der Waals surface area contributed by atoms with Crippen LogP contribution >= 0.6 is 0 Å². The zero-order chi connectivity index (χ0) is 18.8. The lowest BCUT2D eigenvalue weighted by Crippen LogP contribution is -2.01. The van der Waals surface area contributed by atoms with Gasteiger partial charge in [0.2, 0.25) is 5.88 Å². The van der Waals surface area contributed by atoms with E-state index in [-0.39, 0.29) is 0 Å². The summed E-state index contributed by atoms with van der Waals surface area (Å²) in [7, 11) is 0. The van der Waals surface area contributed by atoms with E-state index in [1.54, 1.807) is 6.20 Å². The SMILES string of the molecule is CCOc1ccc(Oc2ncnc3c2cnn3-c2ccc(C)cc2C)cc1. The van der Waals surface area contributed by atoms with Crippen molar-refractivity contribution in [3.05, 3.63) is 66.1 Å². The molecule has 0 saturated heterocycles. The van der Waals surface area contributed by atoms with Crippen LogP contribution in [0.15, 0.2) is 55.0 Å². The maximum absolute atomic E-state index is 5.96. The highest BCUT2D eigenvalue weighted by atomic mass is 16.5. The lowest BCUT2D eigenvalue weighted by Gasteiger charge is -2.09. The van der Waals surface area contributed by atoms with E-state index in [2.05, 4.69) is 41.0 Å². The third-order valence-electron chi connectivity index (χ3n) is 4.26. The van der Waals surface area contributed by atoms with Gasteiger partial charge in [0, 0.05) is 0 Å². The molecule has 0 spiro atoms. The largest absolute Gasteiger partial charge is 0.494 e. The van der Waals surface area contributed by atoms with E-state index < -0.39 is 0 Å². The Hall–Kier alpha value is -3.41. The van der Waals surface area contributed by atoms with Gasteiger partial charge in [-0.3, -0.25) is 0 Å². The molecule has 0 aliphatic heterocycles. The third kappa shape index (κ3) is 3.33. The molecule has 0 amide bonds. The van der Waals surface area contributed by atoms with Gasteiger partial charge >= 0.3 is 0 Å². The third-order valence-corrected chi connectivity index (χ3v) is 4.26. The molecule has 2 heterocycles. The summed E-state index contributed by atoms with van der Waals surface area (Å²) in [5.74, 6) is 1.96. The smallest absolute Gasteiger partial charge is 0.233 e. The lowest BCUT2D eigenvalue weighted by atomic mass is 10.1. The number of hydrogen-bond acceptors (Lipinski definition) is 5. The first-order valence-corrected chi connectivity index (χ1v) is 8.83. The Morgan fingerprint density at radius 3 is 2.48 bits per heavy atom. The molecule has 4 rings (SSSR count). The van der Waals surface area contributed by atoms with E-state index >= 15 is 0 Å². The minimum atomic E-state index is 0.472. The minimum absolute atomic E-state index is 0.472. The summed E-state index contributed by atoms with van der Waals surface area (Å²) in [5, 5.41) is 5.27. The van der Waals surface area contributed by atoms with Crippen molar-refractivity contribution in [1.29, 1.82) is 0 Å². The fourth-order valence-electron chi connectivity index (χ4n) is 3.01. The van der Waals surface area contributed by atoms with Crippen LogP contribution in [0, 0.1) is 13.8 Å². The van der Waals surface area contributed by atoms with Gasteiger partial charge in [0.05, 0.1) is 18.5 Å². The van der Waals surface area contributed by atoms with Gasteiger partial charge in [-0.25, -0.2) is 14.6 Å². The molecule has 6 nitrogen and oxygen atoms in total. The van der Waals surface area contributed by atoms with Crippen LogP contribution in [-0.4, -0.2) is 26.4 Å². The first-order valence-electron chi connectivity index (χ1n) is 8.83. The van der Waals surface area contributed by atoms with E-state index in [0.29, 0.717) is 23.9 Å². The van der Waals surface area contributed by atoms with Crippen molar-refractivity contribution in [2.24, 2.45) is 0 Å². The van der Waals surface area contributed by atoms with Gasteiger partial charge in [0.25, 0.3) is 0 Å². The topological polar surface area (TPSA) is 62.1 Å². The Kier molecular flexibility index (Phi) is 4.46. The Balaban J connectivity index is 1.70. The highest BCUT2D eigenvalue weighted by molar-refractivity contribution is 5.81. The molecule has 6 heteroatoms. The molecule has 0 saturated carbocycles. The van der Waals surface area contributed by atoms with Gasteiger partial charge in [-0.1, -0.05) is 17.7 Å². The number of fused-ring (bicyclic) bond motifs is 1. The average molecular weight is 360 g/mol. The van der Waals surface area contributed by atoms with Crippen LogP contribution in [0.1, 0.15) is 18.1 Å². The monoisotopic (exact) mass is 360 g/mol. The first-order chi connectivity index (χ1) is 13.2. The van der Waals surface area contributed by atoms with Crippen molar-refractivity contribution in [2.75, 3.05) is 6.61 Å². The standard InChI is InChI=1S/C21H20N4O2/c1-4-26-16-6-8-17(9-7-16)27-21-18-12-24-25(20(18)22-13-23-21)19-10-5-14(2)11-15(19)3/h5-13H,4H2,1-3H3. The molecule has 27 heavy (non-hydrogen) atoms. The van der Waals surface area contributed by atoms with Gasteiger partial charge in [0.15, 0.2) is 5.65 Å². The van der Waals surface area contributed by atoms with E-state index in [0.717, 1.165) is 22.4 Å². The molecule has 0 aliphatic rings. The van der Waals surface area contributed by atoms with Gasteiger partial charge in [-0.2, -0.15) is 5.10 Å². The molecule has 136 valence electrons. The van der Waals surface area contributed by atoms with E-state index in [1.807, 2.05) is 41.9 Å². The first kappa shape index (κ1) is 17.0. The predicted molar refractivity (Wildman–Crippen MR) is 104 cm³/mol.